The number of nitro benzene ring substituents is 1. The second kappa shape index (κ2) is 9.08. The Bertz CT molecular complexity index is 770. The van der Waals surface area contributed by atoms with E-state index in [2.05, 4.69) is 5.32 Å². The maximum atomic E-state index is 12.6. The average molecular weight is 405 g/mol. The maximum absolute atomic E-state index is 12.6. The van der Waals surface area contributed by atoms with Gasteiger partial charge in [-0.25, -0.2) is 4.79 Å². The summed E-state index contributed by atoms with van der Waals surface area (Å²) >= 11 is 0. The van der Waals surface area contributed by atoms with Crippen molar-refractivity contribution >= 4 is 23.4 Å². The predicted octanol–water partition coefficient (Wildman–Crippen LogP) is 1.48. The van der Waals surface area contributed by atoms with Gasteiger partial charge in [0.05, 0.1) is 12.0 Å². The van der Waals surface area contributed by atoms with Gasteiger partial charge in [-0.15, -0.1) is 0 Å². The van der Waals surface area contributed by atoms with Gasteiger partial charge in [-0.2, -0.15) is 0 Å². The molecule has 1 saturated carbocycles. The van der Waals surface area contributed by atoms with Crippen LogP contribution in [0, 0.1) is 10.1 Å². The third-order valence-electron chi connectivity index (χ3n) is 5.59. The summed E-state index contributed by atoms with van der Waals surface area (Å²) < 4.78 is 4.71. The number of nitrogens with zero attached hydrogens (tertiary/aromatic N) is 3. The van der Waals surface area contributed by atoms with E-state index in [1.54, 1.807) is 17.0 Å². The van der Waals surface area contributed by atoms with E-state index in [-0.39, 0.29) is 29.2 Å². The molecule has 1 aliphatic carbocycles. The molecule has 1 aromatic carbocycles. The molecule has 1 heterocycles. The summed E-state index contributed by atoms with van der Waals surface area (Å²) in [6, 6.07) is 4.78. The fourth-order valence-corrected chi connectivity index (χ4v) is 3.87. The molecule has 29 heavy (non-hydrogen) atoms. The van der Waals surface area contributed by atoms with Gasteiger partial charge in [0.1, 0.15) is 5.69 Å². The number of rotatable bonds is 4. The van der Waals surface area contributed by atoms with Crippen LogP contribution in [0.2, 0.25) is 0 Å². The number of nitrogens with two attached hydrogens (primary N) is 1. The van der Waals surface area contributed by atoms with Crippen LogP contribution in [0.3, 0.4) is 0 Å². The highest BCUT2D eigenvalue weighted by molar-refractivity contribution is 5.96. The number of methoxy groups -OCH3 is 1. The molecule has 1 aromatic rings. The van der Waals surface area contributed by atoms with Crippen LogP contribution in [0.4, 0.5) is 16.2 Å². The van der Waals surface area contributed by atoms with Gasteiger partial charge in [0.25, 0.3) is 11.6 Å². The molecule has 0 radical (unpaired) electrons. The lowest BCUT2D eigenvalue weighted by molar-refractivity contribution is -0.384. The summed E-state index contributed by atoms with van der Waals surface area (Å²) in [7, 11) is 1.32. The van der Waals surface area contributed by atoms with Crippen LogP contribution >= 0.6 is 0 Å². The minimum absolute atomic E-state index is 0.0485. The first-order chi connectivity index (χ1) is 13.9. The molecule has 10 nitrogen and oxygen atoms in total. The summed E-state index contributed by atoms with van der Waals surface area (Å²) in [5.41, 5.74) is 6.49. The summed E-state index contributed by atoms with van der Waals surface area (Å²) in [6.45, 7) is 1.72. The van der Waals surface area contributed by atoms with Crippen LogP contribution in [0.15, 0.2) is 18.2 Å². The molecule has 3 rings (SSSR count). The second-order valence-electron chi connectivity index (χ2n) is 7.49. The van der Waals surface area contributed by atoms with E-state index in [0.29, 0.717) is 31.9 Å². The monoisotopic (exact) mass is 405 g/mol. The zero-order valence-electron chi connectivity index (χ0n) is 16.5. The van der Waals surface area contributed by atoms with Gasteiger partial charge in [0.15, 0.2) is 0 Å². The molecule has 10 heteroatoms. The Kier molecular flexibility index (Phi) is 6.53. The first kappa shape index (κ1) is 20.8. The van der Waals surface area contributed by atoms with Crippen molar-refractivity contribution in [2.75, 3.05) is 38.2 Å². The van der Waals surface area contributed by atoms with Crippen molar-refractivity contribution < 1.29 is 19.2 Å². The summed E-state index contributed by atoms with van der Waals surface area (Å²) in [5.74, 6) is -0.310. The van der Waals surface area contributed by atoms with Crippen LogP contribution in [0.25, 0.3) is 0 Å². The number of nitrogens with one attached hydrogen (secondary N) is 1. The molecule has 0 unspecified atom stereocenters. The molecule has 2 amide bonds. The third kappa shape index (κ3) is 4.94. The minimum atomic E-state index is -0.474. The number of benzene rings is 1. The Morgan fingerprint density at radius 3 is 2.41 bits per heavy atom. The number of carbonyl (C=O) groups is 2. The highest BCUT2D eigenvalue weighted by Gasteiger charge is 2.28. The van der Waals surface area contributed by atoms with Gasteiger partial charge < -0.3 is 25.6 Å². The van der Waals surface area contributed by atoms with Crippen LogP contribution in [-0.2, 0) is 4.74 Å². The fourth-order valence-electron chi connectivity index (χ4n) is 3.87. The summed E-state index contributed by atoms with van der Waals surface area (Å²) in [4.78, 5) is 38.7. The topological polar surface area (TPSA) is 131 Å². The molecule has 158 valence electrons. The zero-order chi connectivity index (χ0) is 21.0. The van der Waals surface area contributed by atoms with Crippen LogP contribution < -0.4 is 16.0 Å². The maximum Gasteiger partial charge on any atom is 0.409 e. The summed E-state index contributed by atoms with van der Waals surface area (Å²) in [6.07, 6.45) is 2.95. The van der Waals surface area contributed by atoms with E-state index in [9.17, 15) is 19.7 Å². The number of hydrogen-bond acceptors (Lipinski definition) is 7. The Morgan fingerprint density at radius 1 is 1.17 bits per heavy atom. The van der Waals surface area contributed by atoms with Crippen molar-refractivity contribution in [3.05, 3.63) is 33.9 Å². The molecular weight excluding hydrogens is 378 g/mol. The van der Waals surface area contributed by atoms with Crippen molar-refractivity contribution in [1.29, 1.82) is 0 Å². The van der Waals surface area contributed by atoms with Crippen molar-refractivity contribution in [1.82, 2.24) is 10.2 Å². The molecular formula is C19H27N5O5. The number of piperazine rings is 1. The van der Waals surface area contributed by atoms with Gasteiger partial charge in [-0.3, -0.25) is 14.9 Å². The molecule has 0 bridgehead atoms. The van der Waals surface area contributed by atoms with Crippen molar-refractivity contribution in [2.24, 2.45) is 5.73 Å². The number of nitro groups is 1. The molecule has 3 N–H and O–H groups in total. The minimum Gasteiger partial charge on any atom is -0.453 e. The first-order valence-corrected chi connectivity index (χ1v) is 9.81. The van der Waals surface area contributed by atoms with Crippen LogP contribution in [-0.4, -0.2) is 67.2 Å². The largest absolute Gasteiger partial charge is 0.453 e. The number of ether oxygens (including phenoxy) is 1. The van der Waals surface area contributed by atoms with E-state index >= 15 is 0 Å². The molecule has 0 spiro atoms. The SMILES string of the molecule is COC(=O)N1CCN(c2ccc(C(=O)NC3CCC(N)CC3)cc2[N+](=O)[O-])CC1. The molecule has 2 aliphatic rings. The second-order valence-corrected chi connectivity index (χ2v) is 7.49. The van der Waals surface area contributed by atoms with Gasteiger partial charge in [-0.1, -0.05) is 0 Å². The highest BCUT2D eigenvalue weighted by Crippen LogP contribution is 2.30. The average Bonchev–Trinajstić information content (AvgIpc) is 2.74. The molecule has 1 aliphatic heterocycles. The molecule has 0 atom stereocenters. The molecule has 1 saturated heterocycles. The van der Waals surface area contributed by atoms with Crippen molar-refractivity contribution in [2.45, 2.75) is 37.8 Å². The lowest BCUT2D eigenvalue weighted by Gasteiger charge is -2.35. The van der Waals surface area contributed by atoms with Crippen molar-refractivity contribution in [3.63, 3.8) is 0 Å². The smallest absolute Gasteiger partial charge is 0.409 e. The Labute approximate surface area is 169 Å². The van der Waals surface area contributed by atoms with E-state index in [0.717, 1.165) is 25.7 Å². The molecule has 0 aromatic heterocycles. The zero-order valence-corrected chi connectivity index (χ0v) is 16.5. The number of anilines is 1. The van der Waals surface area contributed by atoms with Crippen LogP contribution in [0.5, 0.6) is 0 Å². The van der Waals surface area contributed by atoms with Gasteiger partial charge >= 0.3 is 6.09 Å². The standard InChI is InChI=1S/C19H27N5O5/c1-29-19(26)23-10-8-22(9-11-23)16-7-2-13(12-17(16)24(27)28)18(25)21-15-5-3-14(20)4-6-15/h2,7,12,14-15H,3-6,8-11,20H2,1H3,(H,21,25). The predicted molar refractivity (Wildman–Crippen MR) is 107 cm³/mol. The van der Waals surface area contributed by atoms with E-state index < -0.39 is 11.0 Å². The van der Waals surface area contributed by atoms with E-state index in [4.69, 9.17) is 10.5 Å². The Balaban J connectivity index is 1.70. The van der Waals surface area contributed by atoms with Crippen molar-refractivity contribution in [3.8, 4) is 0 Å². The van der Waals surface area contributed by atoms with Gasteiger partial charge in [0.2, 0.25) is 0 Å². The quantitative estimate of drug-likeness (QED) is 0.573. The van der Waals surface area contributed by atoms with E-state index in [1.165, 1.54) is 13.2 Å². The molecule has 2 fully saturated rings. The van der Waals surface area contributed by atoms with Gasteiger partial charge in [-0.05, 0) is 37.8 Å². The summed E-state index contributed by atoms with van der Waals surface area (Å²) in [5, 5.41) is 14.6. The lowest BCUT2D eigenvalue weighted by atomic mass is 9.91. The lowest BCUT2D eigenvalue weighted by Crippen LogP contribution is -2.48. The number of hydrogen-bond donors (Lipinski definition) is 2. The fraction of sp³-hybridized carbons (Fsp3) is 0.579. The number of amides is 2. The third-order valence-corrected chi connectivity index (χ3v) is 5.59. The van der Waals surface area contributed by atoms with E-state index in [1.807, 2.05) is 4.90 Å². The first-order valence-electron chi connectivity index (χ1n) is 9.81. The number of carbonyl (C=O) groups excluding carboxylic acids is 2. The highest BCUT2D eigenvalue weighted by atomic mass is 16.6. The Morgan fingerprint density at radius 2 is 1.83 bits per heavy atom. The Hall–Kier alpha value is -2.88. The van der Waals surface area contributed by atoms with Gasteiger partial charge in [0, 0.05) is 49.9 Å². The normalized spacial score (nSPS) is 22.1. The van der Waals surface area contributed by atoms with Crippen LogP contribution in [0.1, 0.15) is 36.0 Å².